The highest BCUT2D eigenvalue weighted by Crippen LogP contribution is 2.32. The van der Waals surface area contributed by atoms with E-state index in [1.807, 2.05) is 0 Å². The molecule has 0 atom stereocenters. The van der Waals surface area contributed by atoms with Gasteiger partial charge in [-0.1, -0.05) is 11.2 Å². The number of methoxy groups -OCH3 is 1. The van der Waals surface area contributed by atoms with E-state index in [-0.39, 0.29) is 16.3 Å². The van der Waals surface area contributed by atoms with Crippen LogP contribution in [0.3, 0.4) is 0 Å². The Morgan fingerprint density at radius 1 is 0.917 bits per heavy atom. The Kier molecular flexibility index (Phi) is 5.77. The first-order valence-corrected chi connectivity index (χ1v) is 12.0. The zero-order chi connectivity index (χ0) is 25.4. The van der Waals surface area contributed by atoms with Crippen LogP contribution in [0, 0.1) is 11.6 Å². The summed E-state index contributed by atoms with van der Waals surface area (Å²) >= 11 is 0. The predicted molar refractivity (Wildman–Crippen MR) is 129 cm³/mol. The molecule has 182 valence electrons. The molecule has 11 heteroatoms. The number of hydrogen-bond donors (Lipinski definition) is 1. The minimum absolute atomic E-state index is 0.0235. The minimum atomic E-state index is -3.98. The largest absolute Gasteiger partial charge is 0.495 e. The Morgan fingerprint density at radius 3 is 2.39 bits per heavy atom. The number of sulfonamides is 1. The smallest absolute Gasteiger partial charge is 0.263 e. The van der Waals surface area contributed by atoms with Gasteiger partial charge in [0, 0.05) is 23.6 Å². The first-order valence-electron chi connectivity index (χ1n) is 10.5. The van der Waals surface area contributed by atoms with E-state index >= 15 is 0 Å². The van der Waals surface area contributed by atoms with Gasteiger partial charge in [-0.15, -0.1) is 0 Å². The molecule has 2 aromatic heterocycles. The third-order valence-corrected chi connectivity index (χ3v) is 6.82. The summed E-state index contributed by atoms with van der Waals surface area (Å²) in [5.41, 5.74) is 1.01. The van der Waals surface area contributed by atoms with Gasteiger partial charge < -0.3 is 9.26 Å². The molecule has 0 spiro atoms. The number of pyridine rings is 1. The van der Waals surface area contributed by atoms with Crippen molar-refractivity contribution < 1.29 is 26.5 Å². The van der Waals surface area contributed by atoms with Crippen molar-refractivity contribution in [2.45, 2.75) is 4.90 Å². The van der Waals surface area contributed by atoms with Gasteiger partial charge in [0.1, 0.15) is 23.6 Å². The van der Waals surface area contributed by atoms with E-state index in [2.05, 4.69) is 14.4 Å². The van der Waals surface area contributed by atoms with Gasteiger partial charge in [-0.2, -0.15) is 0 Å². The van der Waals surface area contributed by atoms with Crippen molar-refractivity contribution >= 4 is 26.7 Å². The van der Waals surface area contributed by atoms with Crippen LogP contribution in [0.25, 0.3) is 27.7 Å². The first kappa shape index (κ1) is 23.2. The number of fused-ring (bicyclic) bond motifs is 1. The summed E-state index contributed by atoms with van der Waals surface area (Å²) in [7, 11) is -2.55. The monoisotopic (exact) mass is 509 g/mol. The highest BCUT2D eigenvalue weighted by Gasteiger charge is 2.18. The molecule has 0 amide bonds. The van der Waals surface area contributed by atoms with Crippen molar-refractivity contribution in [1.82, 2.24) is 9.72 Å². The summed E-state index contributed by atoms with van der Waals surface area (Å²) < 4.78 is 67.0. The van der Waals surface area contributed by atoms with Crippen LogP contribution < -0.4 is 15.0 Å². The number of benzene rings is 3. The van der Waals surface area contributed by atoms with Gasteiger partial charge in [-0.05, 0) is 59.7 Å². The minimum Gasteiger partial charge on any atom is -0.495 e. The first-order chi connectivity index (χ1) is 17.2. The lowest BCUT2D eigenvalue weighted by Gasteiger charge is -2.16. The summed E-state index contributed by atoms with van der Waals surface area (Å²) in [6.45, 7) is 0. The van der Waals surface area contributed by atoms with E-state index in [0.29, 0.717) is 27.9 Å². The van der Waals surface area contributed by atoms with E-state index in [4.69, 9.17) is 4.74 Å². The van der Waals surface area contributed by atoms with Gasteiger partial charge in [-0.25, -0.2) is 17.2 Å². The fraction of sp³-hybridized carbons (Fsp3) is 0.0400. The number of hydrogen-bond acceptors (Lipinski definition) is 6. The molecule has 0 saturated heterocycles. The van der Waals surface area contributed by atoms with E-state index in [9.17, 15) is 22.0 Å². The van der Waals surface area contributed by atoms with E-state index in [0.717, 1.165) is 6.07 Å². The molecule has 2 heterocycles. The van der Waals surface area contributed by atoms with Crippen LogP contribution in [0.2, 0.25) is 0 Å². The molecular formula is C25H17F2N3O5S. The van der Waals surface area contributed by atoms with E-state index in [1.54, 1.807) is 18.2 Å². The van der Waals surface area contributed by atoms with Crippen molar-refractivity contribution in [3.8, 4) is 22.6 Å². The SMILES string of the molecule is COc1ccc(-c2cc(F)cc(F)c2)cc1-n1c(=O)ccc2cc(S(=O)(=O)Nc3ccon3)ccc21. The second-order valence-corrected chi connectivity index (χ2v) is 9.44. The van der Waals surface area contributed by atoms with Crippen molar-refractivity contribution in [3.63, 3.8) is 0 Å². The second kappa shape index (κ2) is 8.93. The fourth-order valence-corrected chi connectivity index (χ4v) is 4.89. The molecule has 0 aliphatic carbocycles. The molecule has 0 bridgehead atoms. The molecule has 36 heavy (non-hydrogen) atoms. The lowest BCUT2D eigenvalue weighted by Crippen LogP contribution is -2.19. The van der Waals surface area contributed by atoms with E-state index in [1.165, 1.54) is 66.5 Å². The topological polar surface area (TPSA) is 103 Å². The second-order valence-electron chi connectivity index (χ2n) is 7.76. The van der Waals surface area contributed by atoms with Gasteiger partial charge in [0.2, 0.25) is 0 Å². The molecule has 0 saturated carbocycles. The van der Waals surface area contributed by atoms with Crippen LogP contribution in [-0.2, 0) is 10.0 Å². The number of nitrogens with zero attached hydrogens (tertiary/aromatic N) is 2. The summed E-state index contributed by atoms with van der Waals surface area (Å²) in [5.74, 6) is -1.12. The van der Waals surface area contributed by atoms with Crippen LogP contribution in [0.5, 0.6) is 5.75 Å². The molecule has 5 aromatic rings. The van der Waals surface area contributed by atoms with Gasteiger partial charge >= 0.3 is 0 Å². The zero-order valence-corrected chi connectivity index (χ0v) is 19.4. The Bertz CT molecular complexity index is 1750. The maximum atomic E-state index is 13.8. The van der Waals surface area contributed by atoms with Crippen molar-refractivity contribution in [1.29, 1.82) is 0 Å². The Balaban J connectivity index is 1.66. The van der Waals surface area contributed by atoms with Gasteiger partial charge in [-0.3, -0.25) is 14.1 Å². The third kappa shape index (κ3) is 4.31. The predicted octanol–water partition coefficient (Wildman–Crippen LogP) is 4.73. The number of anilines is 1. The summed E-state index contributed by atoms with van der Waals surface area (Å²) in [4.78, 5) is 12.9. The number of ether oxygens (including phenoxy) is 1. The average molecular weight is 509 g/mol. The molecule has 0 unspecified atom stereocenters. The summed E-state index contributed by atoms with van der Waals surface area (Å²) in [6, 6.07) is 16.3. The van der Waals surface area contributed by atoms with Crippen LogP contribution >= 0.6 is 0 Å². The van der Waals surface area contributed by atoms with E-state index < -0.39 is 27.2 Å². The van der Waals surface area contributed by atoms with Gasteiger partial charge in [0.05, 0.1) is 23.2 Å². The van der Waals surface area contributed by atoms with Crippen LogP contribution in [0.15, 0.2) is 93.3 Å². The lowest BCUT2D eigenvalue weighted by molar-refractivity contribution is 0.413. The number of halogens is 2. The van der Waals surface area contributed by atoms with Crippen LogP contribution in [0.1, 0.15) is 0 Å². The molecular weight excluding hydrogens is 492 g/mol. The number of rotatable bonds is 6. The lowest BCUT2D eigenvalue weighted by atomic mass is 10.0. The maximum Gasteiger partial charge on any atom is 0.263 e. The highest BCUT2D eigenvalue weighted by atomic mass is 32.2. The molecule has 0 radical (unpaired) electrons. The highest BCUT2D eigenvalue weighted by molar-refractivity contribution is 7.92. The van der Waals surface area contributed by atoms with Gasteiger partial charge in [0.25, 0.3) is 15.6 Å². The number of aromatic nitrogens is 2. The molecule has 0 fully saturated rings. The maximum absolute atomic E-state index is 13.8. The quantitative estimate of drug-likeness (QED) is 0.355. The molecule has 0 aliphatic heterocycles. The van der Waals surface area contributed by atoms with Crippen molar-refractivity contribution in [2.75, 3.05) is 11.8 Å². The Labute approximate surface area is 203 Å². The summed E-state index contributed by atoms with van der Waals surface area (Å²) in [5, 5.41) is 3.99. The molecule has 3 aromatic carbocycles. The molecule has 8 nitrogen and oxygen atoms in total. The Hall–Kier alpha value is -4.51. The molecule has 0 aliphatic rings. The fourth-order valence-electron chi connectivity index (χ4n) is 3.87. The van der Waals surface area contributed by atoms with Crippen LogP contribution in [0.4, 0.5) is 14.6 Å². The van der Waals surface area contributed by atoms with Crippen molar-refractivity contribution in [2.24, 2.45) is 0 Å². The van der Waals surface area contributed by atoms with Crippen LogP contribution in [-0.4, -0.2) is 25.3 Å². The molecule has 1 N–H and O–H groups in total. The van der Waals surface area contributed by atoms with Crippen molar-refractivity contribution in [3.05, 3.63) is 101 Å². The molecule has 5 rings (SSSR count). The van der Waals surface area contributed by atoms with Gasteiger partial charge in [0.15, 0.2) is 5.82 Å². The third-order valence-electron chi connectivity index (χ3n) is 5.47. The Morgan fingerprint density at radius 2 is 1.69 bits per heavy atom. The normalized spacial score (nSPS) is 11.5. The standard InChI is InChI=1S/C25H17F2N3O5S/c1-34-23-6-2-15(17-10-18(26)14-19(27)11-17)13-22(23)30-21-5-4-20(12-16(21)3-7-25(30)31)36(32,33)29-24-8-9-35-28-24/h2-14H,1H3,(H,28,29). The average Bonchev–Trinajstić information content (AvgIpc) is 3.35. The zero-order valence-electron chi connectivity index (χ0n) is 18.6. The summed E-state index contributed by atoms with van der Waals surface area (Å²) in [6.07, 6.45) is 1.23. The number of nitrogens with one attached hydrogen (secondary N) is 1.